The number of carboxylic acid groups (broad SMARTS) is 1. The molecular weight excluding hydrogens is 290 g/mol. The number of hydrogen-bond acceptors (Lipinski definition) is 3. The third kappa shape index (κ3) is 4.13. The molecule has 2 rings (SSSR count). The molecule has 0 spiro atoms. The predicted octanol–water partition coefficient (Wildman–Crippen LogP) is 3.44. The first-order valence-corrected chi connectivity index (χ1v) is 6.82. The van der Waals surface area contributed by atoms with Gasteiger partial charge in [-0.1, -0.05) is 35.9 Å². The van der Waals surface area contributed by atoms with Crippen LogP contribution in [-0.4, -0.2) is 24.7 Å². The molecule has 0 saturated heterocycles. The molecule has 0 aromatic heterocycles. The van der Waals surface area contributed by atoms with E-state index in [1.165, 1.54) is 0 Å². The lowest BCUT2D eigenvalue weighted by Gasteiger charge is -2.23. The summed E-state index contributed by atoms with van der Waals surface area (Å²) in [6.07, 6.45) is 0. The fraction of sp³-hybridized carbons (Fsp3) is 0.188. The number of aliphatic carboxylic acids is 1. The zero-order valence-electron chi connectivity index (χ0n) is 11.6. The molecular formula is C16H16ClNO3. The number of nitrogens with zero attached hydrogens (tertiary/aromatic N) is 1. The van der Waals surface area contributed by atoms with Gasteiger partial charge in [-0.3, -0.25) is 4.79 Å². The molecule has 0 unspecified atom stereocenters. The number of rotatable bonds is 6. The summed E-state index contributed by atoms with van der Waals surface area (Å²) in [7, 11) is 1.56. The van der Waals surface area contributed by atoms with Crippen molar-refractivity contribution in [1.29, 1.82) is 0 Å². The van der Waals surface area contributed by atoms with Gasteiger partial charge in [0.05, 0.1) is 12.1 Å². The maximum absolute atomic E-state index is 11.1. The number of anilines is 1. The number of ether oxygens (including phenoxy) is 1. The van der Waals surface area contributed by atoms with Crippen molar-refractivity contribution in [3.8, 4) is 5.75 Å². The molecule has 0 aliphatic carbocycles. The summed E-state index contributed by atoms with van der Waals surface area (Å²) in [4.78, 5) is 12.8. The second-order valence-corrected chi connectivity index (χ2v) is 4.96. The molecule has 21 heavy (non-hydrogen) atoms. The van der Waals surface area contributed by atoms with Crippen LogP contribution in [0.3, 0.4) is 0 Å². The fourth-order valence-corrected chi connectivity index (χ4v) is 2.35. The Labute approximate surface area is 128 Å². The van der Waals surface area contributed by atoms with Crippen LogP contribution in [0.4, 0.5) is 5.69 Å². The third-order valence-corrected chi connectivity index (χ3v) is 3.33. The topological polar surface area (TPSA) is 49.8 Å². The highest BCUT2D eigenvalue weighted by atomic mass is 35.5. The van der Waals surface area contributed by atoms with Gasteiger partial charge >= 0.3 is 5.97 Å². The van der Waals surface area contributed by atoms with Crippen molar-refractivity contribution in [1.82, 2.24) is 0 Å². The molecule has 2 aromatic rings. The van der Waals surface area contributed by atoms with E-state index >= 15 is 0 Å². The van der Waals surface area contributed by atoms with Crippen LogP contribution in [0.15, 0.2) is 48.5 Å². The van der Waals surface area contributed by atoms with Crippen molar-refractivity contribution in [3.63, 3.8) is 0 Å². The van der Waals surface area contributed by atoms with Crippen LogP contribution in [0, 0.1) is 0 Å². The molecule has 110 valence electrons. The number of halogens is 1. The number of para-hydroxylation sites is 1. The van der Waals surface area contributed by atoms with Crippen LogP contribution in [0.2, 0.25) is 5.02 Å². The minimum atomic E-state index is -0.876. The number of benzene rings is 2. The first kappa shape index (κ1) is 15.2. The third-order valence-electron chi connectivity index (χ3n) is 3.04. The first-order chi connectivity index (χ1) is 10.1. The Balaban J connectivity index is 2.23. The maximum atomic E-state index is 11.1. The quantitative estimate of drug-likeness (QED) is 0.888. The molecule has 0 radical (unpaired) electrons. The molecule has 0 amide bonds. The standard InChI is InChI=1S/C16H16ClNO3/c1-21-15-8-7-12(9-14(15)17)10-18(11-16(19)20)13-5-3-2-4-6-13/h2-9H,10-11H2,1H3,(H,19,20). The SMILES string of the molecule is COc1ccc(CN(CC(=O)O)c2ccccc2)cc1Cl. The van der Waals surface area contributed by atoms with Gasteiger partial charge in [0.15, 0.2) is 0 Å². The summed E-state index contributed by atoms with van der Waals surface area (Å²) in [6, 6.07) is 14.9. The summed E-state index contributed by atoms with van der Waals surface area (Å²) in [6.45, 7) is 0.383. The van der Waals surface area contributed by atoms with Crippen LogP contribution in [-0.2, 0) is 11.3 Å². The summed E-state index contributed by atoms with van der Waals surface area (Å²) in [5.74, 6) is -0.275. The molecule has 5 heteroatoms. The lowest BCUT2D eigenvalue weighted by atomic mass is 10.2. The molecule has 0 atom stereocenters. The highest BCUT2D eigenvalue weighted by Gasteiger charge is 2.12. The van der Waals surface area contributed by atoms with Crippen molar-refractivity contribution in [2.24, 2.45) is 0 Å². The molecule has 0 aliphatic heterocycles. The Kier molecular flexibility index (Phi) is 5.06. The Morgan fingerprint density at radius 2 is 1.95 bits per heavy atom. The zero-order chi connectivity index (χ0) is 15.2. The number of hydrogen-bond donors (Lipinski definition) is 1. The van der Waals surface area contributed by atoms with E-state index in [4.69, 9.17) is 21.4 Å². The molecule has 0 heterocycles. The van der Waals surface area contributed by atoms with Gasteiger partial charge in [0, 0.05) is 12.2 Å². The Hall–Kier alpha value is -2.20. The predicted molar refractivity (Wildman–Crippen MR) is 83.1 cm³/mol. The van der Waals surface area contributed by atoms with E-state index in [2.05, 4.69) is 0 Å². The van der Waals surface area contributed by atoms with Crippen molar-refractivity contribution in [2.75, 3.05) is 18.6 Å². The number of carbonyl (C=O) groups is 1. The van der Waals surface area contributed by atoms with Crippen LogP contribution >= 0.6 is 11.6 Å². The average molecular weight is 306 g/mol. The monoisotopic (exact) mass is 305 g/mol. The Bertz CT molecular complexity index is 616. The van der Waals surface area contributed by atoms with Gasteiger partial charge in [-0.15, -0.1) is 0 Å². The molecule has 0 bridgehead atoms. The average Bonchev–Trinajstić information content (AvgIpc) is 2.47. The minimum absolute atomic E-state index is 0.0757. The van der Waals surface area contributed by atoms with Crippen LogP contribution in [0.25, 0.3) is 0 Å². The van der Waals surface area contributed by atoms with Crippen LogP contribution in [0.1, 0.15) is 5.56 Å². The van der Waals surface area contributed by atoms with Crippen molar-refractivity contribution >= 4 is 23.3 Å². The van der Waals surface area contributed by atoms with E-state index in [-0.39, 0.29) is 6.54 Å². The first-order valence-electron chi connectivity index (χ1n) is 6.44. The highest BCUT2D eigenvalue weighted by Crippen LogP contribution is 2.26. The van der Waals surface area contributed by atoms with E-state index in [1.807, 2.05) is 36.4 Å². The maximum Gasteiger partial charge on any atom is 0.323 e. The molecule has 0 aliphatic rings. The smallest absolute Gasteiger partial charge is 0.323 e. The second kappa shape index (κ2) is 6.99. The van der Waals surface area contributed by atoms with E-state index in [9.17, 15) is 4.79 Å². The normalized spacial score (nSPS) is 10.2. The van der Waals surface area contributed by atoms with Gasteiger partial charge in [-0.25, -0.2) is 0 Å². The van der Waals surface area contributed by atoms with Crippen molar-refractivity contribution < 1.29 is 14.6 Å². The van der Waals surface area contributed by atoms with Crippen molar-refractivity contribution in [3.05, 3.63) is 59.1 Å². The second-order valence-electron chi connectivity index (χ2n) is 4.55. The van der Waals surface area contributed by atoms with E-state index in [0.717, 1.165) is 11.3 Å². The molecule has 0 saturated carbocycles. The zero-order valence-corrected chi connectivity index (χ0v) is 12.4. The Morgan fingerprint density at radius 1 is 1.24 bits per heavy atom. The summed E-state index contributed by atoms with van der Waals surface area (Å²) >= 11 is 6.10. The molecule has 2 aromatic carbocycles. The Morgan fingerprint density at radius 3 is 2.52 bits per heavy atom. The molecule has 4 nitrogen and oxygen atoms in total. The molecule has 0 fully saturated rings. The van der Waals surface area contributed by atoms with Crippen LogP contribution < -0.4 is 9.64 Å². The summed E-state index contributed by atoms with van der Waals surface area (Å²) < 4.78 is 5.11. The lowest BCUT2D eigenvalue weighted by Crippen LogP contribution is -2.29. The van der Waals surface area contributed by atoms with Gasteiger partial charge in [-0.05, 0) is 29.8 Å². The largest absolute Gasteiger partial charge is 0.495 e. The van der Waals surface area contributed by atoms with Gasteiger partial charge in [0.1, 0.15) is 12.3 Å². The highest BCUT2D eigenvalue weighted by molar-refractivity contribution is 6.32. The van der Waals surface area contributed by atoms with Crippen molar-refractivity contribution in [2.45, 2.75) is 6.54 Å². The number of methoxy groups -OCH3 is 1. The van der Waals surface area contributed by atoms with Crippen LogP contribution in [0.5, 0.6) is 5.75 Å². The van der Waals surface area contributed by atoms with Gasteiger partial charge in [-0.2, -0.15) is 0 Å². The lowest BCUT2D eigenvalue weighted by molar-refractivity contribution is -0.135. The van der Waals surface area contributed by atoms with E-state index < -0.39 is 5.97 Å². The van der Waals surface area contributed by atoms with E-state index in [1.54, 1.807) is 24.1 Å². The van der Waals surface area contributed by atoms with Gasteiger partial charge in [0.25, 0.3) is 0 Å². The van der Waals surface area contributed by atoms with Gasteiger partial charge < -0.3 is 14.7 Å². The fourth-order valence-electron chi connectivity index (χ4n) is 2.07. The van der Waals surface area contributed by atoms with E-state index in [0.29, 0.717) is 17.3 Å². The summed E-state index contributed by atoms with van der Waals surface area (Å²) in [5.41, 5.74) is 1.78. The molecule has 1 N–H and O–H groups in total. The minimum Gasteiger partial charge on any atom is -0.495 e. The summed E-state index contributed by atoms with van der Waals surface area (Å²) in [5, 5.41) is 9.58. The number of carboxylic acids is 1. The van der Waals surface area contributed by atoms with Gasteiger partial charge in [0.2, 0.25) is 0 Å².